The summed E-state index contributed by atoms with van der Waals surface area (Å²) < 4.78 is 0. The molecule has 104 valence electrons. The summed E-state index contributed by atoms with van der Waals surface area (Å²) in [5.41, 5.74) is 0.195. The minimum Gasteiger partial charge on any atom is -0.508 e. The molecule has 0 bridgehead atoms. The number of hydrogen-bond donors (Lipinski definition) is 3. The highest BCUT2D eigenvalue weighted by atomic mass is 35.5. The Labute approximate surface area is 116 Å². The average Bonchev–Trinajstić information content (AvgIpc) is 2.36. The molecule has 3 N–H and O–H groups in total. The summed E-state index contributed by atoms with van der Waals surface area (Å²) >= 11 is 5.85. The SMILES string of the molecule is CN(C)C(=O)NCCNC(=O)c1cc(O)ccc1Cl. The van der Waals surface area contributed by atoms with E-state index in [2.05, 4.69) is 10.6 Å². The van der Waals surface area contributed by atoms with Crippen molar-refractivity contribution in [2.75, 3.05) is 27.2 Å². The zero-order valence-electron chi connectivity index (χ0n) is 10.7. The zero-order chi connectivity index (χ0) is 14.4. The van der Waals surface area contributed by atoms with Crippen LogP contribution in [-0.2, 0) is 0 Å². The Morgan fingerprint density at radius 1 is 1.26 bits per heavy atom. The first-order valence-electron chi connectivity index (χ1n) is 5.63. The van der Waals surface area contributed by atoms with Gasteiger partial charge in [0.1, 0.15) is 5.75 Å². The average molecular weight is 286 g/mol. The van der Waals surface area contributed by atoms with Crippen molar-refractivity contribution in [1.82, 2.24) is 15.5 Å². The lowest BCUT2D eigenvalue weighted by Gasteiger charge is -2.12. The third-order valence-corrected chi connectivity index (χ3v) is 2.62. The van der Waals surface area contributed by atoms with E-state index in [4.69, 9.17) is 11.6 Å². The van der Waals surface area contributed by atoms with E-state index in [1.807, 2.05) is 0 Å². The van der Waals surface area contributed by atoms with Gasteiger partial charge in [-0.25, -0.2) is 4.79 Å². The van der Waals surface area contributed by atoms with E-state index in [0.717, 1.165) is 0 Å². The number of benzene rings is 1. The second kappa shape index (κ2) is 6.84. The molecule has 0 atom stereocenters. The Morgan fingerprint density at radius 3 is 2.53 bits per heavy atom. The van der Waals surface area contributed by atoms with Crippen LogP contribution >= 0.6 is 11.6 Å². The van der Waals surface area contributed by atoms with Crippen LogP contribution in [0.15, 0.2) is 18.2 Å². The molecule has 1 aromatic carbocycles. The Kier molecular flexibility index (Phi) is 5.44. The van der Waals surface area contributed by atoms with Gasteiger partial charge in [0.15, 0.2) is 0 Å². The fourth-order valence-corrected chi connectivity index (χ4v) is 1.49. The van der Waals surface area contributed by atoms with Crippen LogP contribution in [-0.4, -0.2) is 49.1 Å². The van der Waals surface area contributed by atoms with Crippen molar-refractivity contribution in [3.63, 3.8) is 0 Å². The number of phenolic OH excluding ortho intramolecular Hbond substituents is 1. The van der Waals surface area contributed by atoms with Crippen LogP contribution in [0.2, 0.25) is 5.02 Å². The van der Waals surface area contributed by atoms with E-state index >= 15 is 0 Å². The summed E-state index contributed by atoms with van der Waals surface area (Å²) in [5.74, 6) is -0.435. The molecule has 0 heterocycles. The largest absolute Gasteiger partial charge is 0.508 e. The van der Waals surface area contributed by atoms with Crippen molar-refractivity contribution in [2.24, 2.45) is 0 Å². The van der Waals surface area contributed by atoms with Gasteiger partial charge in [-0.3, -0.25) is 4.79 Å². The molecule has 0 fully saturated rings. The van der Waals surface area contributed by atoms with Crippen LogP contribution in [0.3, 0.4) is 0 Å². The van der Waals surface area contributed by atoms with Gasteiger partial charge in [-0.15, -0.1) is 0 Å². The van der Waals surface area contributed by atoms with Gasteiger partial charge in [-0.05, 0) is 18.2 Å². The second-order valence-electron chi connectivity index (χ2n) is 4.05. The molecule has 0 aromatic heterocycles. The number of urea groups is 1. The molecule has 0 radical (unpaired) electrons. The third-order valence-electron chi connectivity index (χ3n) is 2.29. The van der Waals surface area contributed by atoms with Gasteiger partial charge in [0.2, 0.25) is 0 Å². The number of aromatic hydroxyl groups is 1. The Balaban J connectivity index is 2.44. The maximum Gasteiger partial charge on any atom is 0.316 e. The van der Waals surface area contributed by atoms with E-state index in [1.54, 1.807) is 14.1 Å². The number of amides is 3. The normalized spacial score (nSPS) is 9.84. The molecule has 0 unspecified atom stereocenters. The number of halogens is 1. The quantitative estimate of drug-likeness (QED) is 0.723. The predicted molar refractivity (Wildman–Crippen MR) is 72.5 cm³/mol. The third kappa shape index (κ3) is 4.67. The van der Waals surface area contributed by atoms with Gasteiger partial charge in [0.05, 0.1) is 10.6 Å². The molecule has 6 nitrogen and oxygen atoms in total. The number of carbonyl (C=O) groups excluding carboxylic acids is 2. The van der Waals surface area contributed by atoms with Gasteiger partial charge >= 0.3 is 6.03 Å². The minimum atomic E-state index is -0.403. The highest BCUT2D eigenvalue weighted by molar-refractivity contribution is 6.33. The Morgan fingerprint density at radius 2 is 1.89 bits per heavy atom. The van der Waals surface area contributed by atoms with Crippen LogP contribution < -0.4 is 10.6 Å². The molecule has 3 amide bonds. The first kappa shape index (κ1) is 15.1. The van der Waals surface area contributed by atoms with Crippen LogP contribution in [0.25, 0.3) is 0 Å². The Bertz CT molecular complexity index is 477. The van der Waals surface area contributed by atoms with Crippen molar-refractivity contribution >= 4 is 23.5 Å². The van der Waals surface area contributed by atoms with Gasteiger partial charge in [0.25, 0.3) is 5.91 Å². The van der Waals surface area contributed by atoms with E-state index < -0.39 is 5.91 Å². The first-order valence-corrected chi connectivity index (χ1v) is 6.01. The van der Waals surface area contributed by atoms with Crippen molar-refractivity contribution in [3.8, 4) is 5.75 Å². The van der Waals surface area contributed by atoms with E-state index in [-0.39, 0.29) is 28.9 Å². The van der Waals surface area contributed by atoms with Crippen molar-refractivity contribution in [3.05, 3.63) is 28.8 Å². The van der Waals surface area contributed by atoms with Crippen LogP contribution in [0.5, 0.6) is 5.75 Å². The molecule has 7 heteroatoms. The van der Waals surface area contributed by atoms with Crippen molar-refractivity contribution in [2.45, 2.75) is 0 Å². The topological polar surface area (TPSA) is 81.7 Å². The summed E-state index contributed by atoms with van der Waals surface area (Å²) in [6.45, 7) is 0.573. The highest BCUT2D eigenvalue weighted by Crippen LogP contribution is 2.20. The first-order chi connectivity index (χ1) is 8.91. The summed E-state index contributed by atoms with van der Waals surface area (Å²) in [4.78, 5) is 24.4. The predicted octanol–water partition coefficient (Wildman–Crippen LogP) is 1.05. The smallest absolute Gasteiger partial charge is 0.316 e. The molecular weight excluding hydrogens is 270 g/mol. The van der Waals surface area contributed by atoms with Gasteiger partial charge < -0.3 is 20.6 Å². The molecule has 0 saturated carbocycles. The van der Waals surface area contributed by atoms with E-state index in [0.29, 0.717) is 6.54 Å². The molecule has 1 rings (SSSR count). The summed E-state index contributed by atoms with van der Waals surface area (Å²) in [6.07, 6.45) is 0. The number of phenols is 1. The lowest BCUT2D eigenvalue weighted by molar-refractivity contribution is 0.0953. The lowest BCUT2D eigenvalue weighted by atomic mass is 10.2. The second-order valence-corrected chi connectivity index (χ2v) is 4.45. The summed E-state index contributed by atoms with van der Waals surface area (Å²) in [7, 11) is 3.25. The van der Waals surface area contributed by atoms with Gasteiger partial charge in [0, 0.05) is 27.2 Å². The summed E-state index contributed by atoms with van der Waals surface area (Å²) in [6, 6.07) is 3.90. The Hall–Kier alpha value is -1.95. The molecule has 0 spiro atoms. The number of nitrogens with one attached hydrogen (secondary N) is 2. The molecule has 0 aliphatic rings. The van der Waals surface area contributed by atoms with Crippen molar-refractivity contribution in [1.29, 1.82) is 0 Å². The standard InChI is InChI=1S/C12H16ClN3O3/c1-16(2)12(19)15-6-5-14-11(18)9-7-8(17)3-4-10(9)13/h3-4,7,17H,5-6H2,1-2H3,(H,14,18)(H,15,19). The number of rotatable bonds is 4. The number of carbonyl (C=O) groups is 2. The van der Waals surface area contributed by atoms with Crippen LogP contribution in [0.1, 0.15) is 10.4 Å². The van der Waals surface area contributed by atoms with E-state index in [9.17, 15) is 14.7 Å². The number of nitrogens with zero attached hydrogens (tertiary/aromatic N) is 1. The molecule has 0 aliphatic heterocycles. The number of hydrogen-bond acceptors (Lipinski definition) is 3. The minimum absolute atomic E-state index is 0.0320. The van der Waals surface area contributed by atoms with Gasteiger partial charge in [-0.1, -0.05) is 11.6 Å². The van der Waals surface area contributed by atoms with Gasteiger partial charge in [-0.2, -0.15) is 0 Å². The zero-order valence-corrected chi connectivity index (χ0v) is 11.5. The van der Waals surface area contributed by atoms with Crippen LogP contribution in [0, 0.1) is 0 Å². The molecular formula is C12H16ClN3O3. The molecule has 1 aromatic rings. The monoisotopic (exact) mass is 285 g/mol. The molecule has 19 heavy (non-hydrogen) atoms. The molecule has 0 saturated heterocycles. The molecule has 0 aliphatic carbocycles. The van der Waals surface area contributed by atoms with Crippen LogP contribution in [0.4, 0.5) is 4.79 Å². The highest BCUT2D eigenvalue weighted by Gasteiger charge is 2.10. The van der Waals surface area contributed by atoms with E-state index in [1.165, 1.54) is 23.1 Å². The summed E-state index contributed by atoms with van der Waals surface area (Å²) in [5, 5.41) is 14.7. The maximum absolute atomic E-state index is 11.8. The fourth-order valence-electron chi connectivity index (χ4n) is 1.29. The fraction of sp³-hybridized carbons (Fsp3) is 0.333. The lowest BCUT2D eigenvalue weighted by Crippen LogP contribution is -2.39. The maximum atomic E-state index is 11.8. The van der Waals surface area contributed by atoms with Crippen molar-refractivity contribution < 1.29 is 14.7 Å².